The van der Waals surface area contributed by atoms with Crippen LogP contribution in [0.15, 0.2) is 47.8 Å². The van der Waals surface area contributed by atoms with E-state index in [9.17, 15) is 5.11 Å². The third kappa shape index (κ3) is 4.29. The van der Waals surface area contributed by atoms with Crippen LogP contribution in [0.4, 0.5) is 16.5 Å². The van der Waals surface area contributed by atoms with Crippen LogP contribution in [0.1, 0.15) is 16.8 Å². The number of piperazine rings is 1. The van der Waals surface area contributed by atoms with Gasteiger partial charge in [0.2, 0.25) is 0 Å². The molecule has 1 aromatic heterocycles. The second-order valence-corrected chi connectivity index (χ2v) is 8.33. The Morgan fingerprint density at radius 1 is 1.11 bits per heavy atom. The first-order chi connectivity index (χ1) is 13.6. The molecule has 1 fully saturated rings. The number of quaternary nitrogens is 1. The maximum atomic E-state index is 10.1. The molecular weight excluding hydrogens is 368 g/mol. The topological polar surface area (TPSA) is 52.8 Å². The average molecular weight is 396 g/mol. The Morgan fingerprint density at radius 3 is 2.64 bits per heavy atom. The number of nitrogens with one attached hydrogen (secondary N) is 2. The number of nitrogens with zero attached hydrogens (tertiary/aromatic N) is 2. The Kier molecular flexibility index (Phi) is 5.50. The number of phenolic OH excluding ortho intramolecular Hbond substituents is 1. The fraction of sp³-hybridized carbons (Fsp3) is 0.318. The number of phenols is 1. The fourth-order valence-electron chi connectivity index (χ4n) is 3.62. The van der Waals surface area contributed by atoms with Crippen LogP contribution in [0.25, 0.3) is 0 Å². The van der Waals surface area contributed by atoms with Gasteiger partial charge in [-0.25, -0.2) is 4.98 Å². The first-order valence-corrected chi connectivity index (χ1v) is 10.6. The van der Waals surface area contributed by atoms with Gasteiger partial charge in [0.1, 0.15) is 18.0 Å². The zero-order valence-corrected chi connectivity index (χ0v) is 17.2. The lowest BCUT2D eigenvalue weighted by atomic mass is 10.1. The van der Waals surface area contributed by atoms with E-state index in [0.717, 1.165) is 54.9 Å². The van der Waals surface area contributed by atoms with Crippen LogP contribution >= 0.6 is 11.3 Å². The van der Waals surface area contributed by atoms with E-state index in [2.05, 4.69) is 47.6 Å². The van der Waals surface area contributed by atoms with Crippen molar-refractivity contribution >= 4 is 27.8 Å². The molecule has 0 unspecified atom stereocenters. The standard InChI is InChI=1S/C22H26N4OS/c1-16-7-8-18(13-17(16)2)23-22-24-19(15-28-22)14-25-9-11-26(12-10-25)20-5-3-4-6-21(20)27/h3-8,13,15,27H,9-12,14H2,1-2H3,(H,23,24)/p+1. The minimum atomic E-state index is 0.368. The summed E-state index contributed by atoms with van der Waals surface area (Å²) in [5, 5.41) is 16.6. The van der Waals surface area contributed by atoms with Crippen molar-refractivity contribution < 1.29 is 10.0 Å². The summed E-state index contributed by atoms with van der Waals surface area (Å²) in [6, 6.07) is 14.0. The molecular formula is C22H27N4OS+. The van der Waals surface area contributed by atoms with Crippen LogP contribution in [0, 0.1) is 13.8 Å². The van der Waals surface area contributed by atoms with Crippen LogP contribution < -0.4 is 15.1 Å². The molecule has 2 heterocycles. The van der Waals surface area contributed by atoms with E-state index in [0.29, 0.717) is 5.75 Å². The van der Waals surface area contributed by atoms with Crippen molar-refractivity contribution in [1.29, 1.82) is 0 Å². The van der Waals surface area contributed by atoms with Crippen molar-refractivity contribution in [3.05, 3.63) is 64.7 Å². The van der Waals surface area contributed by atoms with Gasteiger partial charge in [0.15, 0.2) is 5.13 Å². The number of aromatic nitrogens is 1. The third-order valence-electron chi connectivity index (χ3n) is 5.43. The van der Waals surface area contributed by atoms with Crippen LogP contribution in [-0.2, 0) is 6.54 Å². The number of aromatic hydroxyl groups is 1. The van der Waals surface area contributed by atoms with E-state index in [1.165, 1.54) is 16.0 Å². The number of rotatable bonds is 5. The highest BCUT2D eigenvalue weighted by molar-refractivity contribution is 7.13. The van der Waals surface area contributed by atoms with Gasteiger partial charge in [0.25, 0.3) is 0 Å². The van der Waals surface area contributed by atoms with Gasteiger partial charge in [-0.15, -0.1) is 11.3 Å². The fourth-order valence-corrected chi connectivity index (χ4v) is 4.35. The number of hydrogen-bond donors (Lipinski definition) is 3. The molecule has 0 spiro atoms. The van der Waals surface area contributed by atoms with Gasteiger partial charge in [0, 0.05) is 11.1 Å². The van der Waals surface area contributed by atoms with Gasteiger partial charge in [-0.2, -0.15) is 0 Å². The Bertz CT molecular complexity index is 947. The number of anilines is 3. The Labute approximate surface area is 170 Å². The first-order valence-electron chi connectivity index (χ1n) is 9.73. The number of aryl methyl sites for hydroxylation is 2. The molecule has 6 heteroatoms. The quantitative estimate of drug-likeness (QED) is 0.621. The SMILES string of the molecule is Cc1ccc(Nc2nc(C[NH+]3CCN(c4ccccc4O)CC3)cs2)cc1C. The van der Waals surface area contributed by atoms with Gasteiger partial charge in [-0.1, -0.05) is 18.2 Å². The van der Waals surface area contributed by atoms with Gasteiger partial charge in [0.05, 0.1) is 31.9 Å². The number of thiazole rings is 1. The number of benzene rings is 2. The van der Waals surface area contributed by atoms with Crippen molar-refractivity contribution in [3.8, 4) is 5.75 Å². The summed E-state index contributed by atoms with van der Waals surface area (Å²) in [6.45, 7) is 9.20. The van der Waals surface area contributed by atoms with Gasteiger partial charge >= 0.3 is 0 Å². The van der Waals surface area contributed by atoms with Gasteiger partial charge in [-0.05, 0) is 49.2 Å². The zero-order valence-electron chi connectivity index (χ0n) is 16.4. The number of hydrogen-bond acceptors (Lipinski definition) is 5. The Morgan fingerprint density at radius 2 is 1.89 bits per heavy atom. The molecule has 1 aliphatic rings. The molecule has 1 saturated heterocycles. The zero-order chi connectivity index (χ0) is 19.5. The van der Waals surface area contributed by atoms with Crippen molar-refractivity contribution in [3.63, 3.8) is 0 Å². The molecule has 0 aliphatic carbocycles. The highest BCUT2D eigenvalue weighted by Crippen LogP contribution is 2.26. The maximum absolute atomic E-state index is 10.1. The molecule has 5 nitrogen and oxygen atoms in total. The lowest BCUT2D eigenvalue weighted by Crippen LogP contribution is -3.13. The van der Waals surface area contributed by atoms with E-state index in [1.807, 2.05) is 18.2 Å². The molecule has 0 amide bonds. The lowest BCUT2D eigenvalue weighted by Gasteiger charge is -2.33. The molecule has 0 atom stereocenters. The third-order valence-corrected chi connectivity index (χ3v) is 6.24. The van der Waals surface area contributed by atoms with E-state index >= 15 is 0 Å². The van der Waals surface area contributed by atoms with Crippen molar-refractivity contribution in [1.82, 2.24) is 4.98 Å². The van der Waals surface area contributed by atoms with Crippen LogP contribution in [0.3, 0.4) is 0 Å². The highest BCUT2D eigenvalue weighted by Gasteiger charge is 2.22. The number of para-hydroxylation sites is 2. The predicted molar refractivity (Wildman–Crippen MR) is 116 cm³/mol. The molecule has 3 aromatic rings. The van der Waals surface area contributed by atoms with Crippen molar-refractivity contribution in [2.75, 3.05) is 36.4 Å². The summed E-state index contributed by atoms with van der Waals surface area (Å²) in [5.74, 6) is 0.368. The van der Waals surface area contributed by atoms with Crippen LogP contribution in [0.5, 0.6) is 5.75 Å². The van der Waals surface area contributed by atoms with Crippen molar-refractivity contribution in [2.45, 2.75) is 20.4 Å². The summed E-state index contributed by atoms with van der Waals surface area (Å²) in [6.07, 6.45) is 0. The maximum Gasteiger partial charge on any atom is 0.187 e. The van der Waals surface area contributed by atoms with E-state index < -0.39 is 0 Å². The molecule has 0 bridgehead atoms. The molecule has 0 radical (unpaired) electrons. The largest absolute Gasteiger partial charge is 0.506 e. The first kappa shape index (κ1) is 18.8. The molecule has 0 saturated carbocycles. The molecule has 2 aromatic carbocycles. The molecule has 3 N–H and O–H groups in total. The molecule has 28 heavy (non-hydrogen) atoms. The summed E-state index contributed by atoms with van der Waals surface area (Å²) in [5.41, 5.74) is 5.76. The van der Waals surface area contributed by atoms with E-state index in [1.54, 1.807) is 17.4 Å². The summed E-state index contributed by atoms with van der Waals surface area (Å²) < 4.78 is 0. The molecule has 1 aliphatic heterocycles. The minimum Gasteiger partial charge on any atom is -0.506 e. The average Bonchev–Trinajstić information content (AvgIpc) is 3.13. The Hall–Kier alpha value is -2.57. The van der Waals surface area contributed by atoms with Crippen molar-refractivity contribution in [2.24, 2.45) is 0 Å². The smallest absolute Gasteiger partial charge is 0.187 e. The highest BCUT2D eigenvalue weighted by atomic mass is 32.1. The minimum absolute atomic E-state index is 0.368. The summed E-state index contributed by atoms with van der Waals surface area (Å²) in [4.78, 5) is 8.58. The van der Waals surface area contributed by atoms with Gasteiger partial charge < -0.3 is 20.2 Å². The molecule has 146 valence electrons. The lowest BCUT2D eigenvalue weighted by molar-refractivity contribution is -0.914. The molecule has 4 rings (SSSR count). The normalized spacial score (nSPS) is 15.0. The van der Waals surface area contributed by atoms with Crippen LogP contribution in [0.2, 0.25) is 0 Å². The second-order valence-electron chi connectivity index (χ2n) is 7.47. The monoisotopic (exact) mass is 395 g/mol. The Balaban J connectivity index is 1.32. The second kappa shape index (κ2) is 8.20. The summed E-state index contributed by atoms with van der Waals surface area (Å²) in [7, 11) is 0. The van der Waals surface area contributed by atoms with E-state index in [-0.39, 0.29) is 0 Å². The van der Waals surface area contributed by atoms with E-state index in [4.69, 9.17) is 4.98 Å². The van der Waals surface area contributed by atoms with Crippen LogP contribution in [-0.4, -0.2) is 36.3 Å². The summed E-state index contributed by atoms with van der Waals surface area (Å²) >= 11 is 1.66. The van der Waals surface area contributed by atoms with Gasteiger partial charge in [-0.3, -0.25) is 0 Å². The predicted octanol–water partition coefficient (Wildman–Crippen LogP) is 3.11.